The van der Waals surface area contributed by atoms with Crippen molar-refractivity contribution in [2.75, 3.05) is 27.2 Å². The van der Waals surface area contributed by atoms with Crippen LogP contribution in [0.4, 0.5) is 0 Å². The van der Waals surface area contributed by atoms with Gasteiger partial charge < -0.3 is 19.3 Å². The molecule has 1 aliphatic heterocycles. The van der Waals surface area contributed by atoms with Crippen molar-refractivity contribution in [1.29, 1.82) is 0 Å². The molecule has 1 aromatic heterocycles. The van der Waals surface area contributed by atoms with Crippen LogP contribution >= 0.6 is 0 Å². The van der Waals surface area contributed by atoms with Crippen molar-refractivity contribution < 1.29 is 24.0 Å². The molecule has 2 heterocycles. The van der Waals surface area contributed by atoms with Crippen LogP contribution in [0.25, 0.3) is 5.76 Å². The van der Waals surface area contributed by atoms with Gasteiger partial charge in [0.05, 0.1) is 39.0 Å². The van der Waals surface area contributed by atoms with Crippen LogP contribution in [0.2, 0.25) is 0 Å². The Labute approximate surface area is 158 Å². The van der Waals surface area contributed by atoms with Gasteiger partial charge in [-0.1, -0.05) is 17.7 Å². The molecule has 0 unspecified atom stereocenters. The third kappa shape index (κ3) is 3.53. The van der Waals surface area contributed by atoms with E-state index in [4.69, 9.17) is 4.42 Å². The second kappa shape index (κ2) is 7.40. The molecule has 1 aromatic carbocycles. The number of amides is 1. The van der Waals surface area contributed by atoms with Crippen molar-refractivity contribution in [3.63, 3.8) is 0 Å². The van der Waals surface area contributed by atoms with Crippen molar-refractivity contribution in [1.82, 2.24) is 4.90 Å². The predicted octanol–water partition coefficient (Wildman–Crippen LogP) is 1.46. The Morgan fingerprint density at radius 2 is 1.96 bits per heavy atom. The van der Waals surface area contributed by atoms with Gasteiger partial charge >= 0.3 is 0 Å². The molecule has 27 heavy (non-hydrogen) atoms. The van der Waals surface area contributed by atoms with Gasteiger partial charge in [-0.25, -0.2) is 0 Å². The van der Waals surface area contributed by atoms with Crippen LogP contribution in [0.15, 0.2) is 46.6 Å². The molecule has 2 N–H and O–H groups in total. The van der Waals surface area contributed by atoms with E-state index in [0.717, 1.165) is 16.0 Å². The molecule has 1 saturated heterocycles. The summed E-state index contributed by atoms with van der Waals surface area (Å²) in [7, 11) is 3.96. The van der Waals surface area contributed by atoms with Crippen molar-refractivity contribution in [2.24, 2.45) is 0 Å². The fourth-order valence-electron chi connectivity index (χ4n) is 3.33. The number of aliphatic hydroxyl groups is 1. The molecule has 142 valence electrons. The molecule has 3 rings (SSSR count). The number of hydrogen-bond donors (Lipinski definition) is 2. The van der Waals surface area contributed by atoms with Crippen LogP contribution in [0.1, 0.15) is 28.5 Å². The lowest BCUT2D eigenvalue weighted by Crippen LogP contribution is -3.06. The molecule has 6 heteroatoms. The Hall–Kier alpha value is -2.86. The van der Waals surface area contributed by atoms with E-state index in [2.05, 4.69) is 0 Å². The number of rotatable bonds is 5. The highest BCUT2D eigenvalue weighted by Gasteiger charge is 2.47. The summed E-state index contributed by atoms with van der Waals surface area (Å²) in [5.74, 6) is -0.974. The van der Waals surface area contributed by atoms with Crippen molar-refractivity contribution in [2.45, 2.75) is 19.9 Å². The van der Waals surface area contributed by atoms with Gasteiger partial charge in [0.1, 0.15) is 17.6 Å². The molecule has 2 aromatic rings. The quantitative estimate of drug-likeness (QED) is 0.475. The first-order chi connectivity index (χ1) is 12.8. The lowest BCUT2D eigenvalue weighted by Gasteiger charge is -2.23. The number of likely N-dealkylation sites (N-methyl/N-ethyl adjacent to an activating group) is 1. The lowest BCUT2D eigenvalue weighted by atomic mass is 9.96. The zero-order valence-electron chi connectivity index (χ0n) is 16.1. The van der Waals surface area contributed by atoms with E-state index in [1.165, 1.54) is 11.2 Å². The molecular weight excluding hydrogens is 344 g/mol. The first-order valence-electron chi connectivity index (χ1n) is 8.99. The first kappa shape index (κ1) is 18.9. The number of aliphatic hydroxyl groups excluding tert-OH is 1. The van der Waals surface area contributed by atoms with Gasteiger partial charge in [-0.3, -0.25) is 9.59 Å². The number of nitrogens with zero attached hydrogens (tertiary/aromatic N) is 1. The predicted molar refractivity (Wildman–Crippen MR) is 101 cm³/mol. The van der Waals surface area contributed by atoms with E-state index >= 15 is 0 Å². The number of benzene rings is 1. The standard InChI is InChI=1S/C21H24N2O4/c1-13-7-8-14(2)15(12-13)19(24)17-18(16-6-5-11-27-16)23(10-9-22(3)4)21(26)20(17)25/h5-8,11-12,18,24H,9-10H2,1-4H3/p+1/t18-/m1/s1. The van der Waals surface area contributed by atoms with Crippen LogP contribution in [0.3, 0.4) is 0 Å². The molecule has 0 radical (unpaired) electrons. The van der Waals surface area contributed by atoms with Gasteiger partial charge in [-0.05, 0) is 37.6 Å². The van der Waals surface area contributed by atoms with Gasteiger partial charge in [-0.15, -0.1) is 0 Å². The van der Waals surface area contributed by atoms with E-state index in [-0.39, 0.29) is 11.3 Å². The fourth-order valence-corrected chi connectivity index (χ4v) is 3.33. The highest BCUT2D eigenvalue weighted by Crippen LogP contribution is 2.39. The molecule has 1 fully saturated rings. The fraction of sp³-hybridized carbons (Fsp3) is 0.333. The number of furan rings is 1. The summed E-state index contributed by atoms with van der Waals surface area (Å²) in [4.78, 5) is 28.2. The van der Waals surface area contributed by atoms with Gasteiger partial charge in [-0.2, -0.15) is 0 Å². The summed E-state index contributed by atoms with van der Waals surface area (Å²) in [6, 6.07) is 8.36. The Bertz CT molecular complexity index is 897. The first-order valence-corrected chi connectivity index (χ1v) is 8.99. The maximum Gasteiger partial charge on any atom is 0.295 e. The summed E-state index contributed by atoms with van der Waals surface area (Å²) >= 11 is 0. The van der Waals surface area contributed by atoms with Crippen molar-refractivity contribution >= 4 is 17.4 Å². The summed E-state index contributed by atoms with van der Waals surface area (Å²) < 4.78 is 5.52. The summed E-state index contributed by atoms with van der Waals surface area (Å²) in [6.45, 7) is 4.84. The minimum absolute atomic E-state index is 0.0809. The van der Waals surface area contributed by atoms with Crippen molar-refractivity contribution in [3.8, 4) is 0 Å². The average Bonchev–Trinajstić information content (AvgIpc) is 3.22. The Balaban J connectivity index is 2.15. The molecule has 6 nitrogen and oxygen atoms in total. The monoisotopic (exact) mass is 369 g/mol. The summed E-state index contributed by atoms with van der Waals surface area (Å²) in [6.07, 6.45) is 1.50. The second-order valence-electron chi connectivity index (χ2n) is 7.28. The van der Waals surface area contributed by atoms with E-state index in [9.17, 15) is 14.7 Å². The lowest BCUT2D eigenvalue weighted by molar-refractivity contribution is -0.857. The van der Waals surface area contributed by atoms with E-state index in [1.54, 1.807) is 12.1 Å². The largest absolute Gasteiger partial charge is 0.507 e. The van der Waals surface area contributed by atoms with Crippen LogP contribution < -0.4 is 4.90 Å². The highest BCUT2D eigenvalue weighted by atomic mass is 16.3. The summed E-state index contributed by atoms with van der Waals surface area (Å²) in [5, 5.41) is 11.0. The number of carbonyl (C=O) groups excluding carboxylic acids is 2. The maximum absolute atomic E-state index is 12.8. The molecule has 0 aliphatic carbocycles. The number of nitrogens with one attached hydrogen (secondary N) is 1. The van der Waals surface area contributed by atoms with Crippen LogP contribution in [0, 0.1) is 13.8 Å². The minimum Gasteiger partial charge on any atom is -0.507 e. The number of quaternary nitrogens is 1. The SMILES string of the molecule is Cc1ccc(C)c(C(O)=C2C(=O)C(=O)N(CC[NH+](C)C)[C@@H]2c2ccco2)c1. The highest BCUT2D eigenvalue weighted by molar-refractivity contribution is 6.46. The Kier molecular flexibility index (Phi) is 5.19. The third-order valence-corrected chi connectivity index (χ3v) is 4.85. The van der Waals surface area contributed by atoms with Crippen LogP contribution in [-0.4, -0.2) is 48.9 Å². The molecule has 0 saturated carbocycles. The number of hydrogen-bond acceptors (Lipinski definition) is 4. The number of aryl methyl sites for hydroxylation is 2. The smallest absolute Gasteiger partial charge is 0.295 e. The minimum atomic E-state index is -0.723. The van der Waals surface area contributed by atoms with E-state index in [1.807, 2.05) is 46.1 Å². The summed E-state index contributed by atoms with van der Waals surface area (Å²) in [5.41, 5.74) is 2.43. The second-order valence-corrected chi connectivity index (χ2v) is 7.28. The van der Waals surface area contributed by atoms with E-state index < -0.39 is 17.7 Å². The van der Waals surface area contributed by atoms with Crippen molar-refractivity contribution in [3.05, 3.63) is 64.6 Å². The number of likely N-dealkylation sites (tertiary alicyclic amines) is 1. The number of Topliss-reactive ketones (excluding diaryl/α,β-unsaturated/α-hetero) is 1. The molecule has 1 atom stereocenters. The zero-order chi connectivity index (χ0) is 19.7. The van der Waals surface area contributed by atoms with Gasteiger partial charge in [0, 0.05) is 5.56 Å². The Morgan fingerprint density at radius 3 is 2.59 bits per heavy atom. The number of carbonyl (C=O) groups is 2. The van der Waals surface area contributed by atoms with Gasteiger partial charge in [0.15, 0.2) is 0 Å². The van der Waals surface area contributed by atoms with Gasteiger partial charge in [0.2, 0.25) is 0 Å². The average molecular weight is 369 g/mol. The Morgan fingerprint density at radius 1 is 1.22 bits per heavy atom. The van der Waals surface area contributed by atoms with E-state index in [0.29, 0.717) is 24.4 Å². The number of ketones is 1. The third-order valence-electron chi connectivity index (χ3n) is 4.85. The van der Waals surface area contributed by atoms with Crippen LogP contribution in [0.5, 0.6) is 0 Å². The van der Waals surface area contributed by atoms with Gasteiger partial charge in [0.25, 0.3) is 11.7 Å². The zero-order valence-corrected chi connectivity index (χ0v) is 16.1. The molecule has 1 amide bonds. The molecule has 0 bridgehead atoms. The molecule has 0 spiro atoms. The molecular formula is C21H25N2O4+. The van der Waals surface area contributed by atoms with Crippen LogP contribution in [-0.2, 0) is 9.59 Å². The normalized spacial score (nSPS) is 19.3. The maximum atomic E-state index is 12.8. The molecule has 1 aliphatic rings. The topological polar surface area (TPSA) is 75.2 Å².